The van der Waals surface area contributed by atoms with E-state index >= 15 is 0 Å². The second kappa shape index (κ2) is 16.8. The van der Waals surface area contributed by atoms with Crippen molar-refractivity contribution in [2.75, 3.05) is 31.5 Å². The third kappa shape index (κ3) is 8.37. The fraction of sp³-hybridized carbons (Fsp3) is 0.351. The van der Waals surface area contributed by atoms with Crippen molar-refractivity contribution in [3.05, 3.63) is 87.9 Å². The van der Waals surface area contributed by atoms with E-state index in [1.54, 1.807) is 10.7 Å². The number of carboxylic acids is 1. The number of benzene rings is 2. The lowest BCUT2D eigenvalue weighted by Crippen LogP contribution is -2.66. The van der Waals surface area contributed by atoms with Crippen molar-refractivity contribution in [1.82, 2.24) is 24.7 Å². The Balaban J connectivity index is 1.53. The number of halogens is 1. The molecule has 0 aliphatic carbocycles. The SMILES string of the molecule is CCCC(CCO[Si](c1ccccc1)(c1ccccc1)C(C)(C)C)Nc1nc(NC(=O)OC)nc2c(I)nn(Cc3nc(C(=O)O)ccc3OC)c12. The van der Waals surface area contributed by atoms with Crippen LogP contribution in [0, 0.1) is 3.70 Å². The Morgan fingerprint density at radius 1 is 0.942 bits per heavy atom. The lowest BCUT2D eigenvalue weighted by atomic mass is 10.1. The van der Waals surface area contributed by atoms with E-state index in [0.717, 1.165) is 12.8 Å². The molecule has 3 aromatic heterocycles. The molecule has 13 nitrogen and oxygen atoms in total. The standard InChI is InChI=1S/C37H44IN7O6Si/c1-7-14-24(21-22-51-52(37(2,3)4,25-15-10-8-11-16-25)26-17-12-9-13-18-26)39-33-31-30(41-35(42-33)43-36(48)50-6)32(38)44-45(31)23-28-29(49-5)20-19-27(40-28)34(46)47/h8-13,15-20,24H,7,14,21-23H2,1-6H3,(H,46,47)(H2,39,41,42,43,48). The molecule has 3 heterocycles. The number of aromatic nitrogens is 5. The largest absolute Gasteiger partial charge is 0.495 e. The number of rotatable bonds is 15. The Morgan fingerprint density at radius 3 is 2.15 bits per heavy atom. The van der Waals surface area contributed by atoms with Gasteiger partial charge < -0.3 is 24.3 Å². The van der Waals surface area contributed by atoms with E-state index in [9.17, 15) is 14.7 Å². The quantitative estimate of drug-likeness (QED) is 0.0801. The number of hydrogen-bond acceptors (Lipinski definition) is 10. The highest BCUT2D eigenvalue weighted by atomic mass is 127. The Hall–Kier alpha value is -4.61. The van der Waals surface area contributed by atoms with Crippen molar-refractivity contribution in [1.29, 1.82) is 0 Å². The topological polar surface area (TPSA) is 163 Å². The van der Waals surface area contributed by atoms with Crippen LogP contribution in [-0.2, 0) is 15.7 Å². The third-order valence-corrected chi connectivity index (χ3v) is 14.6. The van der Waals surface area contributed by atoms with Crippen LogP contribution in [0.4, 0.5) is 16.6 Å². The highest BCUT2D eigenvalue weighted by Crippen LogP contribution is 2.37. The molecule has 1 atom stereocenters. The van der Waals surface area contributed by atoms with E-state index in [2.05, 4.69) is 119 Å². The number of carboxylic acid groups (broad SMARTS) is 1. The summed E-state index contributed by atoms with van der Waals surface area (Å²) in [5.41, 5.74) is 1.29. The lowest BCUT2D eigenvalue weighted by Gasteiger charge is -2.43. The molecule has 0 radical (unpaired) electrons. The maximum Gasteiger partial charge on any atom is 0.413 e. The fourth-order valence-electron chi connectivity index (χ4n) is 6.45. The Kier molecular flexibility index (Phi) is 12.5. The lowest BCUT2D eigenvalue weighted by molar-refractivity contribution is 0.0690. The Bertz CT molecular complexity index is 1970. The second-order valence-corrected chi connectivity index (χ2v) is 18.6. The van der Waals surface area contributed by atoms with Crippen molar-refractivity contribution in [3.8, 4) is 5.75 Å². The molecule has 5 aromatic rings. The maximum absolute atomic E-state index is 12.3. The van der Waals surface area contributed by atoms with E-state index in [-0.39, 0.29) is 29.3 Å². The minimum absolute atomic E-state index is 0.0432. The van der Waals surface area contributed by atoms with Gasteiger partial charge in [-0.2, -0.15) is 10.1 Å². The Morgan fingerprint density at radius 2 is 1.60 bits per heavy atom. The van der Waals surface area contributed by atoms with Crippen LogP contribution in [0.5, 0.6) is 5.75 Å². The second-order valence-electron chi connectivity index (χ2n) is 13.2. The summed E-state index contributed by atoms with van der Waals surface area (Å²) < 4.78 is 19.8. The van der Waals surface area contributed by atoms with Gasteiger partial charge in [-0.3, -0.25) is 10.00 Å². The van der Waals surface area contributed by atoms with Crippen molar-refractivity contribution in [2.45, 2.75) is 64.6 Å². The molecule has 0 saturated carbocycles. The van der Waals surface area contributed by atoms with Gasteiger partial charge in [-0.05, 0) is 63.0 Å². The van der Waals surface area contributed by atoms with Crippen LogP contribution < -0.4 is 25.7 Å². The molecule has 0 aliphatic rings. The van der Waals surface area contributed by atoms with E-state index in [0.29, 0.717) is 45.0 Å². The molecule has 1 unspecified atom stereocenters. The number of nitrogens with one attached hydrogen (secondary N) is 2. The van der Waals surface area contributed by atoms with E-state index in [1.165, 1.54) is 30.7 Å². The number of nitrogens with zero attached hydrogens (tertiary/aromatic N) is 5. The molecule has 0 spiro atoms. The summed E-state index contributed by atoms with van der Waals surface area (Å²) in [6, 6.07) is 23.9. The molecule has 15 heteroatoms. The van der Waals surface area contributed by atoms with Gasteiger partial charge in [-0.1, -0.05) is 94.8 Å². The minimum atomic E-state index is -2.77. The number of carbonyl (C=O) groups excluding carboxylic acids is 1. The summed E-state index contributed by atoms with van der Waals surface area (Å²) >= 11 is 2.08. The van der Waals surface area contributed by atoms with Gasteiger partial charge in [-0.25, -0.2) is 19.6 Å². The van der Waals surface area contributed by atoms with Gasteiger partial charge in [0.1, 0.15) is 31.9 Å². The summed E-state index contributed by atoms with van der Waals surface area (Å²) in [5, 5.41) is 22.8. The number of carbonyl (C=O) groups is 2. The monoisotopic (exact) mass is 837 g/mol. The normalized spacial score (nSPS) is 12.4. The third-order valence-electron chi connectivity index (χ3n) is 8.80. The predicted molar refractivity (Wildman–Crippen MR) is 211 cm³/mol. The van der Waals surface area contributed by atoms with Gasteiger partial charge in [0.05, 0.1) is 20.8 Å². The van der Waals surface area contributed by atoms with Gasteiger partial charge >= 0.3 is 12.1 Å². The molecule has 1 amide bonds. The molecule has 274 valence electrons. The molecule has 52 heavy (non-hydrogen) atoms. The average Bonchev–Trinajstić information content (AvgIpc) is 3.44. The molecule has 2 aromatic carbocycles. The Labute approximate surface area is 317 Å². The first-order chi connectivity index (χ1) is 24.9. The van der Waals surface area contributed by atoms with E-state index < -0.39 is 20.4 Å². The summed E-state index contributed by atoms with van der Waals surface area (Å²) in [5.74, 6) is -0.270. The molecule has 0 aliphatic heterocycles. The average molecular weight is 838 g/mol. The number of aromatic carboxylic acids is 1. The first-order valence-corrected chi connectivity index (χ1v) is 20.0. The summed E-state index contributed by atoms with van der Waals surface area (Å²) in [4.78, 5) is 37.7. The minimum Gasteiger partial charge on any atom is -0.495 e. The van der Waals surface area contributed by atoms with Gasteiger partial charge in [0, 0.05) is 12.6 Å². The smallest absolute Gasteiger partial charge is 0.413 e. The zero-order chi connectivity index (χ0) is 37.5. The summed E-state index contributed by atoms with van der Waals surface area (Å²) in [6.07, 6.45) is 1.63. The number of ether oxygens (including phenoxy) is 2. The number of methoxy groups -OCH3 is 2. The number of pyridine rings is 1. The van der Waals surface area contributed by atoms with Gasteiger partial charge in [0.2, 0.25) is 5.95 Å². The van der Waals surface area contributed by atoms with Crippen molar-refractivity contribution in [2.24, 2.45) is 0 Å². The first kappa shape index (κ1) is 38.6. The molecule has 0 fully saturated rings. The highest BCUT2D eigenvalue weighted by Gasteiger charge is 2.50. The predicted octanol–water partition coefficient (Wildman–Crippen LogP) is 6.31. The molecule has 0 saturated heterocycles. The zero-order valence-electron chi connectivity index (χ0n) is 30.1. The number of anilines is 2. The van der Waals surface area contributed by atoms with Gasteiger partial charge in [0.25, 0.3) is 8.32 Å². The number of hydrogen-bond donors (Lipinski definition) is 3. The van der Waals surface area contributed by atoms with Crippen molar-refractivity contribution >= 4 is 76.1 Å². The van der Waals surface area contributed by atoms with Gasteiger partial charge in [-0.15, -0.1) is 0 Å². The van der Waals surface area contributed by atoms with E-state index in [4.69, 9.17) is 24.0 Å². The number of fused-ring (bicyclic) bond motifs is 1. The van der Waals surface area contributed by atoms with Crippen LogP contribution in [-0.4, -0.2) is 77.1 Å². The highest BCUT2D eigenvalue weighted by molar-refractivity contribution is 14.1. The van der Waals surface area contributed by atoms with Crippen LogP contribution in [0.1, 0.15) is 63.1 Å². The van der Waals surface area contributed by atoms with Crippen LogP contribution >= 0.6 is 22.6 Å². The van der Waals surface area contributed by atoms with Crippen LogP contribution in [0.2, 0.25) is 5.04 Å². The molecule has 0 bridgehead atoms. The first-order valence-electron chi connectivity index (χ1n) is 17.0. The number of amides is 1. The van der Waals surface area contributed by atoms with Crippen LogP contribution in [0.3, 0.4) is 0 Å². The summed E-state index contributed by atoms with van der Waals surface area (Å²) in [6.45, 7) is 9.44. The summed E-state index contributed by atoms with van der Waals surface area (Å²) in [7, 11) is -0.00330. The van der Waals surface area contributed by atoms with Crippen LogP contribution in [0.25, 0.3) is 11.0 Å². The fourth-order valence-corrected chi connectivity index (χ4v) is 11.7. The van der Waals surface area contributed by atoms with E-state index in [1.807, 2.05) is 12.1 Å². The van der Waals surface area contributed by atoms with Crippen molar-refractivity contribution in [3.63, 3.8) is 0 Å². The van der Waals surface area contributed by atoms with Crippen molar-refractivity contribution < 1.29 is 28.6 Å². The maximum atomic E-state index is 12.3. The zero-order valence-corrected chi connectivity index (χ0v) is 33.3. The molecular weight excluding hydrogens is 793 g/mol. The van der Waals surface area contributed by atoms with Crippen LogP contribution in [0.15, 0.2) is 72.8 Å². The van der Waals surface area contributed by atoms with Gasteiger partial charge in [0.15, 0.2) is 5.82 Å². The molecular formula is C37H44IN7O6Si. The molecule has 3 N–H and O–H groups in total. The molecule has 5 rings (SSSR count).